The van der Waals surface area contributed by atoms with Crippen molar-refractivity contribution in [2.24, 2.45) is 0 Å². The van der Waals surface area contributed by atoms with Gasteiger partial charge in [-0.2, -0.15) is 5.10 Å². The summed E-state index contributed by atoms with van der Waals surface area (Å²) in [6.45, 7) is 1.67. The summed E-state index contributed by atoms with van der Waals surface area (Å²) in [5.41, 5.74) is 0.525. The van der Waals surface area contributed by atoms with Crippen LogP contribution in [0.25, 0.3) is 10.8 Å². The van der Waals surface area contributed by atoms with Gasteiger partial charge >= 0.3 is 0 Å². The lowest BCUT2D eigenvalue weighted by Gasteiger charge is -2.15. The highest BCUT2D eigenvalue weighted by Gasteiger charge is 2.13. The fourth-order valence-electron chi connectivity index (χ4n) is 2.53. The molecule has 0 saturated carbocycles. The molecule has 3 aromatic rings. The number of carbonyl (C=O) groups is 1. The Morgan fingerprint density at radius 2 is 1.96 bits per heavy atom. The zero-order valence-electron chi connectivity index (χ0n) is 13.4. The predicted octanol–water partition coefficient (Wildman–Crippen LogP) is 3.58. The van der Waals surface area contributed by atoms with Crippen LogP contribution in [0, 0.1) is 0 Å². The molecule has 2 aromatic carbocycles. The Balaban J connectivity index is 1.75. The first-order valence-corrected chi connectivity index (χ1v) is 8.40. The van der Waals surface area contributed by atoms with Gasteiger partial charge in [-0.05, 0) is 30.7 Å². The molecule has 0 radical (unpaired) electrons. The van der Waals surface area contributed by atoms with Gasteiger partial charge < -0.3 is 5.32 Å². The van der Waals surface area contributed by atoms with E-state index in [1.54, 1.807) is 42.6 Å². The van der Waals surface area contributed by atoms with Crippen molar-refractivity contribution in [2.45, 2.75) is 19.5 Å². The molecule has 0 aliphatic rings. The minimum absolute atomic E-state index is 0.157. The number of fused-ring (bicyclic) bond motifs is 1. The Bertz CT molecular complexity index is 1000. The summed E-state index contributed by atoms with van der Waals surface area (Å²) in [5, 5.41) is 9.04. The third-order valence-electron chi connectivity index (χ3n) is 3.88. The quantitative estimate of drug-likeness (QED) is 0.757. The molecule has 0 aliphatic heterocycles. The van der Waals surface area contributed by atoms with Crippen LogP contribution in [0.1, 0.15) is 18.5 Å². The van der Waals surface area contributed by atoms with Crippen molar-refractivity contribution in [3.8, 4) is 0 Å². The van der Waals surface area contributed by atoms with Gasteiger partial charge in [0.25, 0.3) is 5.56 Å². The molecular formula is C18H15Cl2N3O2. The fraction of sp³-hybridized carbons (Fsp3) is 0.167. The van der Waals surface area contributed by atoms with Crippen LogP contribution < -0.4 is 10.9 Å². The molecule has 0 spiro atoms. The zero-order valence-corrected chi connectivity index (χ0v) is 14.9. The van der Waals surface area contributed by atoms with E-state index in [9.17, 15) is 9.59 Å². The minimum atomic E-state index is -0.316. The second-order valence-electron chi connectivity index (χ2n) is 5.66. The summed E-state index contributed by atoms with van der Waals surface area (Å²) in [4.78, 5) is 24.7. The van der Waals surface area contributed by atoms with E-state index in [1.807, 2.05) is 13.0 Å². The van der Waals surface area contributed by atoms with E-state index in [-0.39, 0.29) is 24.1 Å². The largest absolute Gasteiger partial charge is 0.348 e. The molecule has 0 saturated heterocycles. The summed E-state index contributed by atoms with van der Waals surface area (Å²) in [5.74, 6) is -0.316. The first-order chi connectivity index (χ1) is 12.0. The molecule has 5 nitrogen and oxygen atoms in total. The highest BCUT2D eigenvalue weighted by Crippen LogP contribution is 2.25. The minimum Gasteiger partial charge on any atom is -0.348 e. The van der Waals surface area contributed by atoms with E-state index in [4.69, 9.17) is 23.2 Å². The summed E-state index contributed by atoms with van der Waals surface area (Å²) in [6.07, 6.45) is 1.58. The standard InChI is InChI=1S/C18H15Cl2N3O2/c1-11(12-6-7-15(19)16(20)8-12)22-17(24)10-23-18(25)14-5-3-2-4-13(14)9-21-23/h2-9,11H,10H2,1H3,(H,22,24). The van der Waals surface area contributed by atoms with Crippen molar-refractivity contribution in [1.29, 1.82) is 0 Å². The third kappa shape index (κ3) is 3.83. The summed E-state index contributed by atoms with van der Waals surface area (Å²) >= 11 is 11.9. The maximum Gasteiger partial charge on any atom is 0.275 e. The Hall–Kier alpha value is -2.37. The molecule has 1 heterocycles. The van der Waals surface area contributed by atoms with Crippen LogP contribution in [-0.4, -0.2) is 15.7 Å². The molecule has 1 amide bonds. The summed E-state index contributed by atoms with van der Waals surface area (Å²) < 4.78 is 1.15. The molecule has 128 valence electrons. The van der Waals surface area contributed by atoms with Gasteiger partial charge in [0.1, 0.15) is 6.54 Å². The Morgan fingerprint density at radius 1 is 1.20 bits per heavy atom. The number of amides is 1. The molecule has 0 aliphatic carbocycles. The lowest BCUT2D eigenvalue weighted by molar-refractivity contribution is -0.122. The molecule has 0 fully saturated rings. The maximum atomic E-state index is 12.4. The maximum absolute atomic E-state index is 12.4. The van der Waals surface area contributed by atoms with Crippen molar-refractivity contribution >= 4 is 39.9 Å². The van der Waals surface area contributed by atoms with Crippen LogP contribution in [0.15, 0.2) is 53.5 Å². The number of nitrogens with one attached hydrogen (secondary N) is 1. The number of carbonyl (C=O) groups excluding carboxylic acids is 1. The van der Waals surface area contributed by atoms with Gasteiger partial charge in [-0.3, -0.25) is 9.59 Å². The van der Waals surface area contributed by atoms with Gasteiger partial charge in [0.2, 0.25) is 5.91 Å². The lowest BCUT2D eigenvalue weighted by Crippen LogP contribution is -2.34. The van der Waals surface area contributed by atoms with Crippen LogP contribution in [0.5, 0.6) is 0 Å². The Morgan fingerprint density at radius 3 is 2.72 bits per heavy atom. The second kappa shape index (κ2) is 7.25. The van der Waals surface area contributed by atoms with E-state index in [0.717, 1.165) is 15.6 Å². The Labute approximate surface area is 154 Å². The van der Waals surface area contributed by atoms with Crippen molar-refractivity contribution in [1.82, 2.24) is 15.1 Å². The van der Waals surface area contributed by atoms with E-state index in [0.29, 0.717) is 15.4 Å². The Kier molecular flexibility index (Phi) is 5.06. The molecule has 1 N–H and O–H groups in total. The number of rotatable bonds is 4. The van der Waals surface area contributed by atoms with Gasteiger partial charge in [-0.25, -0.2) is 4.68 Å². The van der Waals surface area contributed by atoms with Crippen LogP contribution in [-0.2, 0) is 11.3 Å². The van der Waals surface area contributed by atoms with Crippen molar-refractivity contribution in [2.75, 3.05) is 0 Å². The van der Waals surface area contributed by atoms with E-state index in [2.05, 4.69) is 10.4 Å². The second-order valence-corrected chi connectivity index (χ2v) is 6.47. The van der Waals surface area contributed by atoms with Crippen molar-refractivity contribution in [3.05, 3.63) is 74.6 Å². The van der Waals surface area contributed by atoms with E-state index >= 15 is 0 Å². The van der Waals surface area contributed by atoms with Gasteiger partial charge in [0.05, 0.1) is 27.7 Å². The number of nitrogens with zero attached hydrogens (tertiary/aromatic N) is 2. The van der Waals surface area contributed by atoms with Crippen LogP contribution >= 0.6 is 23.2 Å². The number of halogens is 2. The first-order valence-electron chi connectivity index (χ1n) is 7.65. The number of hydrogen-bond donors (Lipinski definition) is 1. The van der Waals surface area contributed by atoms with Gasteiger partial charge in [-0.15, -0.1) is 0 Å². The SMILES string of the molecule is CC(NC(=O)Cn1ncc2ccccc2c1=O)c1ccc(Cl)c(Cl)c1. The fourth-order valence-corrected chi connectivity index (χ4v) is 2.84. The molecule has 0 bridgehead atoms. The molecule has 3 rings (SSSR count). The number of benzene rings is 2. The monoisotopic (exact) mass is 375 g/mol. The smallest absolute Gasteiger partial charge is 0.275 e. The molecule has 7 heteroatoms. The predicted molar refractivity (Wildman–Crippen MR) is 99.0 cm³/mol. The first kappa shape index (κ1) is 17.5. The zero-order chi connectivity index (χ0) is 18.0. The number of hydrogen-bond acceptors (Lipinski definition) is 3. The van der Waals surface area contributed by atoms with E-state index in [1.165, 1.54) is 0 Å². The van der Waals surface area contributed by atoms with Crippen molar-refractivity contribution in [3.63, 3.8) is 0 Å². The van der Waals surface area contributed by atoms with Crippen LogP contribution in [0.2, 0.25) is 10.0 Å². The van der Waals surface area contributed by atoms with Gasteiger partial charge in [-0.1, -0.05) is 47.5 Å². The highest BCUT2D eigenvalue weighted by atomic mass is 35.5. The lowest BCUT2D eigenvalue weighted by atomic mass is 10.1. The average molecular weight is 376 g/mol. The summed E-state index contributed by atoms with van der Waals surface area (Å²) in [6, 6.07) is 12.0. The molecule has 1 atom stereocenters. The average Bonchev–Trinajstić information content (AvgIpc) is 2.60. The van der Waals surface area contributed by atoms with Crippen molar-refractivity contribution < 1.29 is 4.79 Å². The number of aromatic nitrogens is 2. The van der Waals surface area contributed by atoms with Crippen LogP contribution in [0.3, 0.4) is 0 Å². The van der Waals surface area contributed by atoms with E-state index < -0.39 is 0 Å². The molecule has 1 aromatic heterocycles. The topological polar surface area (TPSA) is 64.0 Å². The molecule has 1 unspecified atom stereocenters. The molecular weight excluding hydrogens is 361 g/mol. The third-order valence-corrected chi connectivity index (χ3v) is 4.62. The molecule has 25 heavy (non-hydrogen) atoms. The van der Waals surface area contributed by atoms with Gasteiger partial charge in [0, 0.05) is 5.39 Å². The van der Waals surface area contributed by atoms with Gasteiger partial charge in [0.15, 0.2) is 0 Å². The summed E-state index contributed by atoms with van der Waals surface area (Å²) in [7, 11) is 0. The van der Waals surface area contributed by atoms with Crippen LogP contribution in [0.4, 0.5) is 0 Å². The highest BCUT2D eigenvalue weighted by molar-refractivity contribution is 6.42. The normalized spacial score (nSPS) is 12.1.